The molecule has 0 spiro atoms. The highest BCUT2D eigenvalue weighted by molar-refractivity contribution is 5.79. The Morgan fingerprint density at radius 3 is 2.79 bits per heavy atom. The number of carbonyl (C=O) groups is 1. The molecule has 0 bridgehead atoms. The van der Waals surface area contributed by atoms with E-state index in [9.17, 15) is 4.79 Å². The molecule has 2 aromatic rings. The zero-order valence-electron chi connectivity index (χ0n) is 14.6. The van der Waals surface area contributed by atoms with Gasteiger partial charge in [-0.05, 0) is 50.3 Å². The van der Waals surface area contributed by atoms with Gasteiger partial charge in [0.15, 0.2) is 0 Å². The molecule has 1 atom stereocenters. The summed E-state index contributed by atoms with van der Waals surface area (Å²) in [5.74, 6) is 0.358. The van der Waals surface area contributed by atoms with Crippen molar-refractivity contribution >= 4 is 11.6 Å². The fourth-order valence-corrected chi connectivity index (χ4v) is 4.28. The third-order valence-corrected chi connectivity index (χ3v) is 5.71. The van der Waals surface area contributed by atoms with E-state index in [-0.39, 0.29) is 11.8 Å². The van der Waals surface area contributed by atoms with Crippen molar-refractivity contribution in [1.82, 2.24) is 14.7 Å². The molecule has 2 heterocycles. The van der Waals surface area contributed by atoms with E-state index < -0.39 is 0 Å². The summed E-state index contributed by atoms with van der Waals surface area (Å²) in [4.78, 5) is 17.5. The molecule has 1 N–H and O–H groups in total. The van der Waals surface area contributed by atoms with Crippen LogP contribution < -0.4 is 5.32 Å². The van der Waals surface area contributed by atoms with E-state index in [0.29, 0.717) is 6.04 Å². The highest BCUT2D eigenvalue weighted by atomic mass is 16.1. The van der Waals surface area contributed by atoms with Gasteiger partial charge < -0.3 is 9.72 Å². The molecule has 2 aliphatic rings. The first-order valence-electron chi connectivity index (χ1n) is 9.47. The molecule has 0 saturated heterocycles. The summed E-state index contributed by atoms with van der Waals surface area (Å²) in [5, 5.41) is 3.34. The van der Waals surface area contributed by atoms with Crippen molar-refractivity contribution in [3.05, 3.63) is 35.3 Å². The van der Waals surface area contributed by atoms with Crippen LogP contribution in [0.2, 0.25) is 0 Å². The lowest BCUT2D eigenvalue weighted by Gasteiger charge is -2.24. The van der Waals surface area contributed by atoms with Crippen LogP contribution in [0.1, 0.15) is 61.9 Å². The number of pyridine rings is 1. The van der Waals surface area contributed by atoms with Crippen LogP contribution in [0.5, 0.6) is 0 Å². The van der Waals surface area contributed by atoms with E-state index in [1.807, 2.05) is 0 Å². The molecule has 4 nitrogen and oxygen atoms in total. The monoisotopic (exact) mass is 325 g/mol. The number of carbonyl (C=O) groups excluding carboxylic acids is 1. The Morgan fingerprint density at radius 2 is 2.00 bits per heavy atom. The molecule has 4 heteroatoms. The van der Waals surface area contributed by atoms with Gasteiger partial charge in [-0.1, -0.05) is 25.7 Å². The largest absolute Gasteiger partial charge is 0.353 e. The van der Waals surface area contributed by atoms with E-state index in [1.165, 1.54) is 42.6 Å². The second-order valence-corrected chi connectivity index (χ2v) is 7.57. The van der Waals surface area contributed by atoms with Gasteiger partial charge in [-0.15, -0.1) is 0 Å². The molecule has 4 rings (SSSR count). The van der Waals surface area contributed by atoms with Gasteiger partial charge in [0.05, 0.1) is 5.69 Å². The Morgan fingerprint density at radius 1 is 1.21 bits per heavy atom. The highest BCUT2D eigenvalue weighted by Gasteiger charge is 2.29. The third kappa shape index (κ3) is 3.06. The van der Waals surface area contributed by atoms with Crippen LogP contribution in [0.15, 0.2) is 18.3 Å². The van der Waals surface area contributed by atoms with Crippen LogP contribution in [0.25, 0.3) is 5.65 Å². The smallest absolute Gasteiger partial charge is 0.223 e. The molecule has 2 aromatic heterocycles. The van der Waals surface area contributed by atoms with Crippen LogP contribution >= 0.6 is 0 Å². The first-order chi connectivity index (χ1) is 11.7. The maximum atomic E-state index is 12.8. The number of rotatable bonds is 2. The molecule has 0 radical (unpaired) electrons. The zero-order valence-corrected chi connectivity index (χ0v) is 14.6. The molecule has 0 aromatic carbocycles. The lowest BCUT2D eigenvalue weighted by molar-refractivity contribution is -0.126. The number of fused-ring (bicyclic) bond motifs is 3. The Hall–Kier alpha value is -1.84. The predicted octanol–water partition coefficient (Wildman–Crippen LogP) is 3.59. The number of nitrogens with one attached hydrogen (secondary N) is 1. The Kier molecular flexibility index (Phi) is 4.30. The summed E-state index contributed by atoms with van der Waals surface area (Å²) in [6.07, 6.45) is 12.2. The molecule has 128 valence electrons. The average Bonchev–Trinajstić information content (AvgIpc) is 2.74. The predicted molar refractivity (Wildman–Crippen MR) is 95.1 cm³/mol. The topological polar surface area (TPSA) is 46.4 Å². The maximum Gasteiger partial charge on any atom is 0.223 e. The van der Waals surface area contributed by atoms with E-state index in [4.69, 9.17) is 4.98 Å². The van der Waals surface area contributed by atoms with Gasteiger partial charge in [0, 0.05) is 30.3 Å². The summed E-state index contributed by atoms with van der Waals surface area (Å²) < 4.78 is 2.17. The van der Waals surface area contributed by atoms with Crippen LogP contribution in [0.4, 0.5) is 0 Å². The Bertz CT molecular complexity index is 741. The third-order valence-electron chi connectivity index (χ3n) is 5.71. The standard InChI is InChI=1S/C20H27N3O/c1-14-10-11-23-18-13-15(8-9-17(18)22-19(23)12-14)20(24)21-16-6-4-2-3-5-7-16/h10-12,15-16H,2-9,13H2,1H3,(H,21,24). The van der Waals surface area contributed by atoms with Gasteiger partial charge in [-0.3, -0.25) is 4.79 Å². The van der Waals surface area contributed by atoms with Crippen molar-refractivity contribution in [3.63, 3.8) is 0 Å². The van der Waals surface area contributed by atoms with Gasteiger partial charge in [0.1, 0.15) is 5.65 Å². The van der Waals surface area contributed by atoms with E-state index in [1.54, 1.807) is 0 Å². The van der Waals surface area contributed by atoms with E-state index in [2.05, 4.69) is 35.0 Å². The average molecular weight is 325 g/mol. The molecule has 1 fully saturated rings. The summed E-state index contributed by atoms with van der Waals surface area (Å²) in [6, 6.07) is 4.63. The quantitative estimate of drug-likeness (QED) is 0.858. The normalized spacial score (nSPS) is 22.1. The van der Waals surface area contributed by atoms with E-state index in [0.717, 1.165) is 37.8 Å². The SMILES string of the molecule is Cc1ccn2c3c(nc2c1)CCC(C(=O)NC1CCCCCC1)C3. The van der Waals surface area contributed by atoms with Gasteiger partial charge >= 0.3 is 0 Å². The first kappa shape index (κ1) is 15.7. The number of nitrogens with zero attached hydrogens (tertiary/aromatic N) is 2. The highest BCUT2D eigenvalue weighted by Crippen LogP contribution is 2.27. The van der Waals surface area contributed by atoms with Crippen molar-refractivity contribution in [3.8, 4) is 0 Å². The fourth-order valence-electron chi connectivity index (χ4n) is 4.28. The Labute approximate surface area is 143 Å². The lowest BCUT2D eigenvalue weighted by atomic mass is 9.88. The van der Waals surface area contributed by atoms with Gasteiger partial charge in [0.25, 0.3) is 0 Å². The van der Waals surface area contributed by atoms with Crippen LogP contribution in [0, 0.1) is 12.8 Å². The molecule has 1 amide bonds. The molecule has 2 aliphatic carbocycles. The number of aryl methyl sites for hydroxylation is 2. The van der Waals surface area contributed by atoms with Crippen molar-refractivity contribution < 1.29 is 4.79 Å². The number of hydrogen-bond acceptors (Lipinski definition) is 2. The van der Waals surface area contributed by atoms with Crippen LogP contribution in [-0.2, 0) is 17.6 Å². The number of imidazole rings is 1. The van der Waals surface area contributed by atoms with Gasteiger partial charge in [-0.2, -0.15) is 0 Å². The fraction of sp³-hybridized carbons (Fsp3) is 0.600. The molecule has 1 saturated carbocycles. The summed E-state index contributed by atoms with van der Waals surface area (Å²) in [6.45, 7) is 2.09. The summed E-state index contributed by atoms with van der Waals surface area (Å²) >= 11 is 0. The first-order valence-corrected chi connectivity index (χ1v) is 9.47. The molecular weight excluding hydrogens is 298 g/mol. The second-order valence-electron chi connectivity index (χ2n) is 7.57. The van der Waals surface area contributed by atoms with Crippen LogP contribution in [-0.4, -0.2) is 21.3 Å². The summed E-state index contributed by atoms with van der Waals surface area (Å²) in [7, 11) is 0. The minimum absolute atomic E-state index is 0.0990. The van der Waals surface area contributed by atoms with Gasteiger partial charge in [-0.25, -0.2) is 4.98 Å². The minimum Gasteiger partial charge on any atom is -0.353 e. The molecule has 1 unspecified atom stereocenters. The Balaban J connectivity index is 1.49. The van der Waals surface area contributed by atoms with Crippen molar-refractivity contribution in [2.45, 2.75) is 70.8 Å². The number of amides is 1. The van der Waals surface area contributed by atoms with E-state index >= 15 is 0 Å². The number of hydrogen-bond donors (Lipinski definition) is 1. The maximum absolute atomic E-state index is 12.8. The summed E-state index contributed by atoms with van der Waals surface area (Å²) in [5.41, 5.74) is 4.66. The molecular formula is C20H27N3O. The molecule has 24 heavy (non-hydrogen) atoms. The minimum atomic E-state index is 0.0990. The van der Waals surface area contributed by atoms with Crippen LogP contribution in [0.3, 0.4) is 0 Å². The molecule has 0 aliphatic heterocycles. The lowest BCUT2D eigenvalue weighted by Crippen LogP contribution is -2.40. The van der Waals surface area contributed by atoms with Crippen molar-refractivity contribution in [2.24, 2.45) is 5.92 Å². The second kappa shape index (κ2) is 6.58. The van der Waals surface area contributed by atoms with Crippen molar-refractivity contribution in [1.29, 1.82) is 0 Å². The zero-order chi connectivity index (χ0) is 16.5. The van der Waals surface area contributed by atoms with Gasteiger partial charge in [0.2, 0.25) is 5.91 Å². The number of aromatic nitrogens is 2. The van der Waals surface area contributed by atoms with Crippen molar-refractivity contribution in [2.75, 3.05) is 0 Å².